The van der Waals surface area contributed by atoms with Gasteiger partial charge in [-0.3, -0.25) is 19.5 Å². The average molecular weight is 484 g/mol. The SMILES string of the molecule is C/C(=N/O)C(=O)N1CCC(NC2=CC(C(=O)NC[C@H](O)CN3CCc4ccccc4C3)=NCN2)C1. The number of rotatable bonds is 8. The molecule has 2 amide bonds. The van der Waals surface area contributed by atoms with Crippen LogP contribution in [0.2, 0.25) is 0 Å². The van der Waals surface area contributed by atoms with E-state index in [0.29, 0.717) is 25.5 Å². The van der Waals surface area contributed by atoms with Gasteiger partial charge in [0.15, 0.2) is 0 Å². The molecule has 1 saturated heterocycles. The molecular weight excluding hydrogens is 450 g/mol. The summed E-state index contributed by atoms with van der Waals surface area (Å²) in [5.74, 6) is 0.0210. The Morgan fingerprint density at radius 2 is 2.09 bits per heavy atom. The minimum Gasteiger partial charge on any atom is -0.410 e. The summed E-state index contributed by atoms with van der Waals surface area (Å²) in [5.41, 5.74) is 2.98. The molecule has 3 aliphatic heterocycles. The first-order valence-electron chi connectivity index (χ1n) is 11.9. The van der Waals surface area contributed by atoms with E-state index < -0.39 is 6.10 Å². The Hall–Kier alpha value is -3.44. The molecular formula is C24H33N7O4. The van der Waals surface area contributed by atoms with Crippen molar-refractivity contribution in [3.05, 3.63) is 47.3 Å². The van der Waals surface area contributed by atoms with E-state index in [0.717, 1.165) is 25.9 Å². The zero-order valence-electron chi connectivity index (χ0n) is 19.9. The number of benzene rings is 1. The lowest BCUT2D eigenvalue weighted by molar-refractivity contribution is -0.123. The van der Waals surface area contributed by atoms with Crippen LogP contribution in [0.5, 0.6) is 0 Å². The monoisotopic (exact) mass is 483 g/mol. The first-order valence-corrected chi connectivity index (χ1v) is 11.9. The number of fused-ring (bicyclic) bond motifs is 1. The Bertz CT molecular complexity index is 1040. The molecule has 1 aromatic rings. The van der Waals surface area contributed by atoms with Crippen LogP contribution in [-0.2, 0) is 22.6 Å². The van der Waals surface area contributed by atoms with Crippen molar-refractivity contribution in [2.75, 3.05) is 39.4 Å². The predicted octanol–water partition coefficient (Wildman–Crippen LogP) is -0.594. The van der Waals surface area contributed by atoms with Gasteiger partial charge in [-0.15, -0.1) is 0 Å². The second-order valence-electron chi connectivity index (χ2n) is 9.12. The number of carbonyl (C=O) groups excluding carboxylic acids is 2. The molecule has 0 radical (unpaired) electrons. The Kier molecular flexibility index (Phi) is 7.98. The Labute approximate surface area is 204 Å². The van der Waals surface area contributed by atoms with Gasteiger partial charge in [0.05, 0.1) is 6.10 Å². The molecule has 11 heteroatoms. The Balaban J connectivity index is 1.22. The van der Waals surface area contributed by atoms with Crippen molar-refractivity contribution < 1.29 is 19.9 Å². The molecule has 0 bridgehead atoms. The molecule has 35 heavy (non-hydrogen) atoms. The highest BCUT2D eigenvalue weighted by Crippen LogP contribution is 2.18. The van der Waals surface area contributed by atoms with Crippen molar-refractivity contribution in [2.45, 2.75) is 38.5 Å². The fraction of sp³-hybridized carbons (Fsp3) is 0.500. The lowest BCUT2D eigenvalue weighted by Gasteiger charge is -2.30. The molecule has 1 fully saturated rings. The summed E-state index contributed by atoms with van der Waals surface area (Å²) in [6.45, 7) is 5.06. The highest BCUT2D eigenvalue weighted by molar-refractivity contribution is 6.43. The first kappa shape index (κ1) is 24.7. The number of nitrogens with zero attached hydrogens (tertiary/aromatic N) is 4. The molecule has 4 rings (SSSR count). The van der Waals surface area contributed by atoms with Crippen molar-refractivity contribution in [1.82, 2.24) is 25.8 Å². The Morgan fingerprint density at radius 1 is 1.29 bits per heavy atom. The van der Waals surface area contributed by atoms with Gasteiger partial charge in [0.1, 0.15) is 23.9 Å². The number of aliphatic imine (C=N–C) groups is 1. The van der Waals surface area contributed by atoms with E-state index in [1.165, 1.54) is 18.1 Å². The normalized spacial score (nSPS) is 21.4. The standard InChI is InChI=1S/C24H33N7O4/c1-16(29-35)24(34)31-9-7-19(13-31)28-22-10-21(26-15-27-22)23(33)25-11-20(32)14-30-8-6-17-4-2-3-5-18(17)12-30/h2-5,10,19-20,27-28,32,35H,6-9,11-15H2,1H3,(H,25,33)/b29-16-/t19?,20-/m0/s1. The molecule has 0 saturated carbocycles. The molecule has 5 N–H and O–H groups in total. The number of amides is 2. The number of oxime groups is 1. The summed E-state index contributed by atoms with van der Waals surface area (Å²) in [5, 5.41) is 31.4. The smallest absolute Gasteiger partial charge is 0.271 e. The number of β-amino-alcohol motifs (C(OH)–C–C–N with tert-alkyl or cyclic N) is 1. The third kappa shape index (κ3) is 6.37. The van der Waals surface area contributed by atoms with Crippen molar-refractivity contribution in [2.24, 2.45) is 10.1 Å². The first-order chi connectivity index (χ1) is 16.9. The summed E-state index contributed by atoms with van der Waals surface area (Å²) >= 11 is 0. The number of hydrogen-bond donors (Lipinski definition) is 5. The van der Waals surface area contributed by atoms with Crippen LogP contribution in [0, 0.1) is 0 Å². The zero-order chi connectivity index (χ0) is 24.8. The number of aliphatic hydroxyl groups is 1. The molecule has 0 spiro atoms. The lowest BCUT2D eigenvalue weighted by atomic mass is 10.00. The third-order valence-electron chi connectivity index (χ3n) is 6.50. The predicted molar refractivity (Wildman–Crippen MR) is 131 cm³/mol. The molecule has 1 unspecified atom stereocenters. The maximum absolute atomic E-state index is 12.6. The van der Waals surface area contributed by atoms with E-state index in [-0.39, 0.29) is 42.5 Å². The minimum atomic E-state index is -0.680. The summed E-state index contributed by atoms with van der Waals surface area (Å²) in [6.07, 6.45) is 2.65. The molecule has 0 aliphatic carbocycles. The summed E-state index contributed by atoms with van der Waals surface area (Å²) < 4.78 is 0. The summed E-state index contributed by atoms with van der Waals surface area (Å²) in [4.78, 5) is 32.8. The van der Waals surface area contributed by atoms with E-state index in [1.54, 1.807) is 11.0 Å². The van der Waals surface area contributed by atoms with E-state index in [9.17, 15) is 14.7 Å². The molecule has 3 heterocycles. The van der Waals surface area contributed by atoms with Crippen molar-refractivity contribution in [1.29, 1.82) is 0 Å². The van der Waals surface area contributed by atoms with Crippen LogP contribution in [0.15, 0.2) is 46.3 Å². The van der Waals surface area contributed by atoms with Crippen molar-refractivity contribution in [3.63, 3.8) is 0 Å². The second-order valence-corrected chi connectivity index (χ2v) is 9.12. The fourth-order valence-corrected chi connectivity index (χ4v) is 4.60. The molecule has 188 valence electrons. The van der Waals surface area contributed by atoms with Gasteiger partial charge >= 0.3 is 0 Å². The molecule has 3 aliphatic rings. The number of aliphatic hydroxyl groups excluding tert-OH is 1. The highest BCUT2D eigenvalue weighted by atomic mass is 16.4. The second kappa shape index (κ2) is 11.3. The van der Waals surface area contributed by atoms with Crippen molar-refractivity contribution >= 4 is 23.2 Å². The van der Waals surface area contributed by atoms with Gasteiger partial charge in [0.2, 0.25) is 0 Å². The van der Waals surface area contributed by atoms with Crippen LogP contribution in [0.25, 0.3) is 0 Å². The number of nitrogens with one attached hydrogen (secondary N) is 3. The van der Waals surface area contributed by atoms with Crippen LogP contribution < -0.4 is 16.0 Å². The third-order valence-corrected chi connectivity index (χ3v) is 6.50. The molecule has 2 atom stereocenters. The fourth-order valence-electron chi connectivity index (χ4n) is 4.60. The topological polar surface area (TPSA) is 142 Å². The number of carbonyl (C=O) groups is 2. The molecule has 1 aromatic carbocycles. The van der Waals surface area contributed by atoms with E-state index >= 15 is 0 Å². The number of hydrogen-bond acceptors (Lipinski definition) is 9. The van der Waals surface area contributed by atoms with E-state index in [4.69, 9.17) is 5.21 Å². The van der Waals surface area contributed by atoms with Crippen LogP contribution in [0.4, 0.5) is 0 Å². The maximum atomic E-state index is 12.6. The van der Waals surface area contributed by atoms with Gasteiger partial charge in [-0.25, -0.2) is 0 Å². The quantitative estimate of drug-likeness (QED) is 0.189. The minimum absolute atomic E-state index is 0.00287. The molecule has 11 nitrogen and oxygen atoms in total. The summed E-state index contributed by atoms with van der Waals surface area (Å²) in [7, 11) is 0. The van der Waals surface area contributed by atoms with Crippen LogP contribution >= 0.6 is 0 Å². The number of likely N-dealkylation sites (tertiary alicyclic amines) is 1. The van der Waals surface area contributed by atoms with Gasteiger partial charge in [-0.2, -0.15) is 0 Å². The van der Waals surface area contributed by atoms with Crippen molar-refractivity contribution in [3.8, 4) is 0 Å². The van der Waals surface area contributed by atoms with Gasteiger partial charge in [-0.05, 0) is 30.9 Å². The average Bonchev–Trinajstić information content (AvgIpc) is 3.34. The maximum Gasteiger partial charge on any atom is 0.271 e. The molecule has 0 aromatic heterocycles. The summed E-state index contributed by atoms with van der Waals surface area (Å²) in [6, 6.07) is 8.35. The van der Waals surface area contributed by atoms with Crippen LogP contribution in [0.1, 0.15) is 24.5 Å². The highest BCUT2D eigenvalue weighted by Gasteiger charge is 2.28. The lowest BCUT2D eigenvalue weighted by Crippen LogP contribution is -2.45. The van der Waals surface area contributed by atoms with Crippen LogP contribution in [0.3, 0.4) is 0 Å². The van der Waals surface area contributed by atoms with Crippen LogP contribution in [-0.4, -0.2) is 94.9 Å². The van der Waals surface area contributed by atoms with Gasteiger partial charge in [0.25, 0.3) is 11.8 Å². The van der Waals surface area contributed by atoms with E-state index in [1.807, 2.05) is 6.07 Å². The van der Waals surface area contributed by atoms with E-state index in [2.05, 4.69) is 49.2 Å². The van der Waals surface area contributed by atoms with Gasteiger partial charge < -0.3 is 31.2 Å². The van der Waals surface area contributed by atoms with Gasteiger partial charge in [-0.1, -0.05) is 29.4 Å². The Morgan fingerprint density at radius 3 is 2.89 bits per heavy atom. The van der Waals surface area contributed by atoms with Gasteiger partial charge in [0, 0.05) is 51.4 Å². The zero-order valence-corrected chi connectivity index (χ0v) is 19.9. The largest absolute Gasteiger partial charge is 0.410 e.